The summed E-state index contributed by atoms with van der Waals surface area (Å²) >= 11 is 0. The van der Waals surface area contributed by atoms with Crippen LogP contribution in [0.5, 0.6) is 17.2 Å². The highest BCUT2D eigenvalue weighted by molar-refractivity contribution is 5.94. The van der Waals surface area contributed by atoms with Gasteiger partial charge in [-0.05, 0) is 42.7 Å². The van der Waals surface area contributed by atoms with E-state index in [1.807, 2.05) is 13.8 Å². The van der Waals surface area contributed by atoms with Crippen molar-refractivity contribution in [2.75, 3.05) is 34.4 Å². The quantitative estimate of drug-likeness (QED) is 0.384. The van der Waals surface area contributed by atoms with Gasteiger partial charge in [-0.25, -0.2) is 0 Å². The number of ether oxygens (including phenoxy) is 3. The Balaban J connectivity index is 2.41. The first kappa shape index (κ1) is 21.0. The molecule has 0 N–H and O–H groups in total. The molecule has 0 aliphatic rings. The normalized spacial score (nSPS) is 11.1. The van der Waals surface area contributed by atoms with E-state index in [1.165, 1.54) is 44.3 Å². The zero-order chi connectivity index (χ0) is 20.7. The third kappa shape index (κ3) is 4.51. The Bertz CT molecular complexity index is 838. The molecule has 8 heteroatoms. The third-order valence-corrected chi connectivity index (χ3v) is 4.20. The van der Waals surface area contributed by atoms with Crippen LogP contribution in [0.2, 0.25) is 0 Å². The van der Waals surface area contributed by atoms with Crippen LogP contribution < -0.4 is 24.0 Å². The molecule has 0 unspecified atom stereocenters. The Labute approximate surface area is 164 Å². The molecular weight excluding hydrogens is 362 g/mol. The number of hydrogen-bond donors (Lipinski definition) is 0. The van der Waals surface area contributed by atoms with Gasteiger partial charge in [0, 0.05) is 19.2 Å². The molecule has 0 spiro atoms. The fourth-order valence-electron chi connectivity index (χ4n) is 2.71. The number of methoxy groups -OCH3 is 3. The van der Waals surface area contributed by atoms with Gasteiger partial charge in [-0.3, -0.25) is 4.79 Å². The van der Waals surface area contributed by atoms with Crippen molar-refractivity contribution >= 4 is 11.8 Å². The summed E-state index contributed by atoms with van der Waals surface area (Å²) in [6.45, 7) is 5.03. The highest BCUT2D eigenvalue weighted by Gasteiger charge is 2.17. The van der Waals surface area contributed by atoms with Crippen LogP contribution in [0.15, 0.2) is 41.8 Å². The van der Waals surface area contributed by atoms with Gasteiger partial charge in [0.1, 0.15) is 5.56 Å². The fourth-order valence-corrected chi connectivity index (χ4v) is 2.71. The number of nitrogens with zero attached hydrogens (tertiary/aromatic N) is 3. The zero-order valence-electron chi connectivity index (χ0n) is 16.8. The minimum Gasteiger partial charge on any atom is -0.854 e. The van der Waals surface area contributed by atoms with Crippen LogP contribution in [0.4, 0.5) is 0 Å². The predicted octanol–water partition coefficient (Wildman–Crippen LogP) is 1.05. The summed E-state index contributed by atoms with van der Waals surface area (Å²) in [5, 5.41) is 16.7. The molecule has 28 heavy (non-hydrogen) atoms. The van der Waals surface area contributed by atoms with Gasteiger partial charge in [0.05, 0.1) is 27.2 Å². The lowest BCUT2D eigenvalue weighted by Gasteiger charge is -2.17. The van der Waals surface area contributed by atoms with E-state index in [-0.39, 0.29) is 11.5 Å². The molecular formula is C20H25N3O5. The van der Waals surface area contributed by atoms with Crippen molar-refractivity contribution in [3.8, 4) is 17.2 Å². The molecule has 0 aliphatic carbocycles. The molecule has 0 saturated carbocycles. The second-order valence-electron chi connectivity index (χ2n) is 5.77. The Morgan fingerprint density at radius 3 is 2.18 bits per heavy atom. The molecule has 2 aromatic rings. The van der Waals surface area contributed by atoms with E-state index < -0.39 is 5.90 Å². The van der Waals surface area contributed by atoms with Crippen LogP contribution in [0.1, 0.15) is 29.8 Å². The summed E-state index contributed by atoms with van der Waals surface area (Å²) in [6.07, 6.45) is 3.12. The van der Waals surface area contributed by atoms with Gasteiger partial charge in [0.15, 0.2) is 11.5 Å². The van der Waals surface area contributed by atoms with Gasteiger partial charge >= 0.3 is 0 Å². The van der Waals surface area contributed by atoms with E-state index in [1.54, 1.807) is 23.2 Å². The fraction of sp³-hybridized carbons (Fsp3) is 0.350. The van der Waals surface area contributed by atoms with Crippen LogP contribution in [0.3, 0.4) is 0 Å². The first-order valence-corrected chi connectivity index (χ1v) is 8.85. The molecule has 0 bridgehead atoms. The van der Waals surface area contributed by atoms with E-state index >= 15 is 0 Å². The van der Waals surface area contributed by atoms with Crippen LogP contribution >= 0.6 is 0 Å². The van der Waals surface area contributed by atoms with Crippen LogP contribution in [0.25, 0.3) is 0 Å². The monoisotopic (exact) mass is 387 g/mol. The average molecular weight is 387 g/mol. The smallest absolute Gasteiger partial charge is 0.260 e. The molecule has 0 aliphatic heterocycles. The summed E-state index contributed by atoms with van der Waals surface area (Å²) in [6, 6.07) is 6.41. The number of carbonyl (C=O) groups excluding carboxylic acids is 1. The molecule has 1 amide bonds. The van der Waals surface area contributed by atoms with Crippen LogP contribution in [0, 0.1) is 0 Å². The average Bonchev–Trinajstić information content (AvgIpc) is 2.73. The number of rotatable bonds is 8. The van der Waals surface area contributed by atoms with Gasteiger partial charge in [0.25, 0.3) is 5.91 Å². The van der Waals surface area contributed by atoms with E-state index in [2.05, 4.69) is 5.10 Å². The number of carbonyl (C=O) groups is 1. The van der Waals surface area contributed by atoms with E-state index in [0.29, 0.717) is 35.9 Å². The summed E-state index contributed by atoms with van der Waals surface area (Å²) in [4.78, 5) is 14.2. The highest BCUT2D eigenvalue weighted by atomic mass is 16.5. The molecule has 0 saturated heterocycles. The van der Waals surface area contributed by atoms with E-state index in [9.17, 15) is 9.90 Å². The van der Waals surface area contributed by atoms with E-state index in [4.69, 9.17) is 14.2 Å². The van der Waals surface area contributed by atoms with Crippen molar-refractivity contribution in [1.29, 1.82) is 0 Å². The lowest BCUT2D eigenvalue weighted by Crippen LogP contribution is -2.36. The Morgan fingerprint density at radius 2 is 1.68 bits per heavy atom. The summed E-state index contributed by atoms with van der Waals surface area (Å²) in [7, 11) is 4.43. The Kier molecular flexibility index (Phi) is 7.20. The lowest BCUT2D eigenvalue weighted by molar-refractivity contribution is -0.681. The first-order valence-electron chi connectivity index (χ1n) is 8.85. The summed E-state index contributed by atoms with van der Waals surface area (Å²) in [5.74, 6) is 0.471. The molecule has 0 atom stereocenters. The minimum atomic E-state index is -0.517. The maximum absolute atomic E-state index is 12.6. The number of benzene rings is 1. The first-order chi connectivity index (χ1) is 13.5. The Morgan fingerprint density at radius 1 is 1.07 bits per heavy atom. The van der Waals surface area contributed by atoms with Crippen molar-refractivity contribution in [3.63, 3.8) is 0 Å². The summed E-state index contributed by atoms with van der Waals surface area (Å²) in [5.41, 5.74) is 0.718. The molecule has 1 heterocycles. The molecule has 1 aromatic heterocycles. The number of aromatic nitrogens is 1. The molecule has 2 rings (SSSR count). The van der Waals surface area contributed by atoms with Gasteiger partial charge in [-0.15, -0.1) is 0 Å². The van der Waals surface area contributed by atoms with Crippen molar-refractivity contribution in [3.05, 3.63) is 47.8 Å². The molecule has 1 aromatic carbocycles. The maximum atomic E-state index is 12.6. The second-order valence-corrected chi connectivity index (χ2v) is 5.77. The lowest BCUT2D eigenvalue weighted by atomic mass is 10.2. The SMILES string of the molecule is CCN(CC)C(=O)c1ccc[n+](/N=C(\[O-])c2cc(OC)c(OC)c(OC)c2)c1. The topological polar surface area (TPSA) is 87.3 Å². The predicted molar refractivity (Wildman–Crippen MR) is 102 cm³/mol. The van der Waals surface area contributed by atoms with Crippen molar-refractivity contribution < 1.29 is 28.8 Å². The Hall–Kier alpha value is -3.29. The maximum Gasteiger partial charge on any atom is 0.260 e. The second kappa shape index (κ2) is 9.59. The molecule has 0 radical (unpaired) electrons. The third-order valence-electron chi connectivity index (χ3n) is 4.20. The van der Waals surface area contributed by atoms with E-state index in [0.717, 1.165) is 0 Å². The highest BCUT2D eigenvalue weighted by Crippen LogP contribution is 2.38. The summed E-state index contributed by atoms with van der Waals surface area (Å²) < 4.78 is 17.1. The number of amides is 1. The minimum absolute atomic E-state index is 0.116. The van der Waals surface area contributed by atoms with Crippen molar-refractivity contribution in [1.82, 2.24) is 4.90 Å². The van der Waals surface area contributed by atoms with Gasteiger partial charge in [-0.2, -0.15) is 0 Å². The van der Waals surface area contributed by atoms with Gasteiger partial charge in [0.2, 0.25) is 18.1 Å². The largest absolute Gasteiger partial charge is 0.854 e. The van der Waals surface area contributed by atoms with Gasteiger partial charge < -0.3 is 24.2 Å². The molecule has 150 valence electrons. The van der Waals surface area contributed by atoms with Crippen LogP contribution in [-0.4, -0.2) is 51.1 Å². The molecule has 0 fully saturated rings. The molecule has 8 nitrogen and oxygen atoms in total. The standard InChI is InChI=1S/C20H25N3O5/c1-6-22(7-2)20(25)14-9-8-10-23(13-14)21-19(24)15-11-16(26-3)18(28-5)17(12-15)27-4/h8-13H,6-7H2,1-5H3. The number of hydrogen-bond acceptors (Lipinski definition) is 6. The van der Waals surface area contributed by atoms with Crippen molar-refractivity contribution in [2.24, 2.45) is 5.10 Å². The zero-order valence-corrected chi connectivity index (χ0v) is 16.8. The van der Waals surface area contributed by atoms with Gasteiger partial charge in [-0.1, -0.05) is 4.68 Å². The van der Waals surface area contributed by atoms with Crippen LogP contribution in [-0.2, 0) is 0 Å². The van der Waals surface area contributed by atoms with Crippen molar-refractivity contribution in [2.45, 2.75) is 13.8 Å². The number of pyridine rings is 1.